The van der Waals surface area contributed by atoms with E-state index in [4.69, 9.17) is 16.3 Å². The molecule has 4 rings (SSSR count). The minimum absolute atomic E-state index is 0.104. The number of ether oxygens (including phenoxy) is 1. The maximum atomic E-state index is 13.4. The molecule has 11 heteroatoms. The number of nitro groups is 1. The predicted molar refractivity (Wildman–Crippen MR) is 122 cm³/mol. The van der Waals surface area contributed by atoms with Crippen molar-refractivity contribution >= 4 is 46.4 Å². The number of carbonyl (C=O) groups is 4. The number of esters is 1. The molecule has 35 heavy (non-hydrogen) atoms. The zero-order valence-electron chi connectivity index (χ0n) is 17.6. The lowest BCUT2D eigenvalue weighted by Gasteiger charge is -2.21. The van der Waals surface area contributed by atoms with E-state index in [9.17, 15) is 34.4 Å². The van der Waals surface area contributed by atoms with Crippen molar-refractivity contribution in [3.63, 3.8) is 0 Å². The maximum Gasteiger partial charge on any atom is 0.339 e. The van der Waals surface area contributed by atoms with Crippen LogP contribution in [0, 0.1) is 16.0 Å². The van der Waals surface area contributed by atoms with Gasteiger partial charge in [-0.05, 0) is 24.3 Å². The zero-order valence-corrected chi connectivity index (χ0v) is 18.4. The number of hydrogen-bond donors (Lipinski definition) is 2. The fourth-order valence-corrected chi connectivity index (χ4v) is 3.93. The van der Waals surface area contributed by atoms with Crippen LogP contribution in [0.5, 0.6) is 5.75 Å². The molecule has 0 fully saturated rings. The van der Waals surface area contributed by atoms with Crippen molar-refractivity contribution in [2.24, 2.45) is 5.92 Å². The lowest BCUT2D eigenvalue weighted by molar-refractivity contribution is -0.384. The molecule has 3 aromatic rings. The normalized spacial score (nSPS) is 15.0. The molecule has 3 aromatic carbocycles. The molecule has 10 nitrogen and oxygen atoms in total. The van der Waals surface area contributed by atoms with Crippen LogP contribution in [0.4, 0.5) is 11.4 Å². The molecule has 0 spiro atoms. The van der Waals surface area contributed by atoms with Gasteiger partial charge in [-0.1, -0.05) is 41.9 Å². The van der Waals surface area contributed by atoms with Gasteiger partial charge in [0, 0.05) is 17.7 Å². The molecule has 0 saturated heterocycles. The predicted octanol–water partition coefficient (Wildman–Crippen LogP) is 3.87. The number of nitrogens with zero attached hydrogens (tertiary/aromatic N) is 1. The summed E-state index contributed by atoms with van der Waals surface area (Å²) in [6, 6.07) is 14.7. The van der Waals surface area contributed by atoms with Gasteiger partial charge >= 0.3 is 5.97 Å². The van der Waals surface area contributed by atoms with E-state index in [0.717, 1.165) is 18.2 Å². The van der Waals surface area contributed by atoms with Crippen molar-refractivity contribution in [2.75, 3.05) is 5.32 Å². The van der Waals surface area contributed by atoms with Crippen molar-refractivity contribution in [3.05, 3.63) is 98.6 Å². The average molecular weight is 495 g/mol. The fourth-order valence-electron chi connectivity index (χ4n) is 3.71. The van der Waals surface area contributed by atoms with Crippen molar-refractivity contribution in [1.29, 1.82) is 0 Å². The number of fused-ring (bicyclic) bond motifs is 1. The minimum Gasteiger partial charge on any atom is -0.507 e. The molecular formula is C24H15ClN2O8. The number of nitrogens with one attached hydrogen (secondary N) is 1. The smallest absolute Gasteiger partial charge is 0.339 e. The third-order valence-corrected chi connectivity index (χ3v) is 5.71. The van der Waals surface area contributed by atoms with Crippen LogP contribution < -0.4 is 5.32 Å². The quantitative estimate of drug-likeness (QED) is 0.125. The van der Waals surface area contributed by atoms with Crippen LogP contribution in [0.1, 0.15) is 32.4 Å². The van der Waals surface area contributed by atoms with E-state index in [1.54, 1.807) is 12.1 Å². The number of cyclic esters (lactones) is 1. The standard InChI is InChI=1S/C24H15ClN2O8/c25-16-11-12(27(33)34)9-10-17(16)26-23(31)21(30)19(20(29)15-7-3-4-8-18(15)28)22-13-5-1-2-6-14(13)24(32)35-22/h1-11,19,22,28H,(H,26,31)/t19-,22+/m0/s1. The Hall–Kier alpha value is -4.57. The number of ketones is 2. The number of non-ortho nitro benzene ring substituents is 1. The molecule has 0 radical (unpaired) electrons. The summed E-state index contributed by atoms with van der Waals surface area (Å²) in [5, 5.41) is 23.1. The summed E-state index contributed by atoms with van der Waals surface area (Å²) in [4.78, 5) is 62.2. The van der Waals surface area contributed by atoms with E-state index in [2.05, 4.69) is 5.32 Å². The molecule has 1 amide bonds. The second kappa shape index (κ2) is 9.35. The van der Waals surface area contributed by atoms with Crippen molar-refractivity contribution < 1.29 is 33.9 Å². The number of amides is 1. The molecule has 0 aromatic heterocycles. The topological polar surface area (TPSA) is 153 Å². The highest BCUT2D eigenvalue weighted by molar-refractivity contribution is 6.46. The molecule has 0 aliphatic carbocycles. The number of para-hydroxylation sites is 1. The van der Waals surface area contributed by atoms with E-state index in [1.165, 1.54) is 36.4 Å². The van der Waals surface area contributed by atoms with Crippen molar-refractivity contribution in [3.8, 4) is 5.75 Å². The van der Waals surface area contributed by atoms with Gasteiger partial charge in [0.15, 0.2) is 5.78 Å². The van der Waals surface area contributed by atoms with Crippen molar-refractivity contribution in [1.82, 2.24) is 0 Å². The zero-order chi connectivity index (χ0) is 25.3. The van der Waals surface area contributed by atoms with Crippen LogP contribution in [-0.4, -0.2) is 33.5 Å². The van der Waals surface area contributed by atoms with E-state index in [1.807, 2.05) is 0 Å². The van der Waals surface area contributed by atoms with Crippen LogP contribution in [-0.2, 0) is 14.3 Å². The van der Waals surface area contributed by atoms with Gasteiger partial charge in [0.2, 0.25) is 5.78 Å². The Labute approximate surface area is 202 Å². The Morgan fingerprint density at radius 1 is 1.06 bits per heavy atom. The maximum absolute atomic E-state index is 13.4. The van der Waals surface area contributed by atoms with E-state index < -0.39 is 46.1 Å². The first-order valence-corrected chi connectivity index (χ1v) is 10.5. The van der Waals surface area contributed by atoms with Gasteiger partial charge in [-0.2, -0.15) is 0 Å². The molecule has 0 unspecified atom stereocenters. The van der Waals surface area contributed by atoms with Crippen LogP contribution >= 0.6 is 11.6 Å². The molecule has 1 aliphatic rings. The van der Waals surface area contributed by atoms with Crippen molar-refractivity contribution in [2.45, 2.75) is 6.10 Å². The number of benzene rings is 3. The lowest BCUT2D eigenvalue weighted by Crippen LogP contribution is -2.38. The van der Waals surface area contributed by atoms with Crippen LogP contribution in [0.15, 0.2) is 66.7 Å². The molecule has 0 bridgehead atoms. The van der Waals surface area contributed by atoms with Gasteiger partial charge in [-0.25, -0.2) is 4.79 Å². The number of anilines is 1. The number of hydrogen-bond acceptors (Lipinski definition) is 8. The molecule has 1 heterocycles. The summed E-state index contributed by atoms with van der Waals surface area (Å²) >= 11 is 5.99. The van der Waals surface area contributed by atoms with E-state index in [0.29, 0.717) is 0 Å². The van der Waals surface area contributed by atoms with Gasteiger partial charge in [0.05, 0.1) is 26.8 Å². The van der Waals surface area contributed by atoms with Gasteiger partial charge in [0.1, 0.15) is 17.8 Å². The molecule has 2 atom stereocenters. The first-order valence-electron chi connectivity index (χ1n) is 10.1. The van der Waals surface area contributed by atoms with Crippen LogP contribution in [0.2, 0.25) is 5.02 Å². The van der Waals surface area contributed by atoms with E-state index in [-0.39, 0.29) is 33.1 Å². The fraction of sp³-hybridized carbons (Fsp3) is 0.0833. The Morgan fingerprint density at radius 3 is 2.43 bits per heavy atom. The molecule has 2 N–H and O–H groups in total. The lowest BCUT2D eigenvalue weighted by atomic mass is 9.84. The largest absolute Gasteiger partial charge is 0.507 e. The summed E-state index contributed by atoms with van der Waals surface area (Å²) in [6.07, 6.45) is -1.42. The highest BCUT2D eigenvalue weighted by Crippen LogP contribution is 2.39. The Balaban J connectivity index is 1.71. The van der Waals surface area contributed by atoms with Gasteiger partial charge in [-0.3, -0.25) is 24.5 Å². The molecule has 1 aliphatic heterocycles. The summed E-state index contributed by atoms with van der Waals surface area (Å²) in [7, 11) is 0. The first kappa shape index (κ1) is 23.6. The average Bonchev–Trinajstić information content (AvgIpc) is 3.16. The van der Waals surface area contributed by atoms with Crippen LogP contribution in [0.25, 0.3) is 0 Å². The Kier molecular flexibility index (Phi) is 6.30. The van der Waals surface area contributed by atoms with Gasteiger partial charge in [0.25, 0.3) is 11.6 Å². The SMILES string of the molecule is O=C(Nc1ccc([N+](=O)[O-])cc1Cl)C(=O)[C@H](C(=O)c1ccccc1O)[C@@H]1OC(=O)c2ccccc21. The number of rotatable bonds is 7. The number of halogens is 1. The number of Topliss-reactive ketones (excluding diaryl/α,β-unsaturated/α-hetero) is 2. The Morgan fingerprint density at radius 2 is 1.74 bits per heavy atom. The summed E-state index contributed by atoms with van der Waals surface area (Å²) in [5.41, 5.74) is -0.304. The second-order valence-corrected chi connectivity index (χ2v) is 7.92. The third-order valence-electron chi connectivity index (χ3n) is 5.39. The molecule has 0 saturated carbocycles. The molecule has 176 valence electrons. The number of nitro benzene ring substituents is 1. The first-order chi connectivity index (χ1) is 16.7. The monoisotopic (exact) mass is 494 g/mol. The van der Waals surface area contributed by atoms with Gasteiger partial charge in [-0.15, -0.1) is 0 Å². The highest BCUT2D eigenvalue weighted by Gasteiger charge is 2.46. The van der Waals surface area contributed by atoms with Gasteiger partial charge < -0.3 is 15.2 Å². The number of phenols is 1. The Bertz CT molecular complexity index is 1400. The third kappa shape index (κ3) is 4.46. The number of carbonyl (C=O) groups excluding carboxylic acids is 4. The summed E-state index contributed by atoms with van der Waals surface area (Å²) < 4.78 is 5.32. The van der Waals surface area contributed by atoms with Crippen LogP contribution in [0.3, 0.4) is 0 Å². The summed E-state index contributed by atoms with van der Waals surface area (Å²) in [6.45, 7) is 0. The second-order valence-electron chi connectivity index (χ2n) is 7.51. The van der Waals surface area contributed by atoms with E-state index >= 15 is 0 Å². The molecular weight excluding hydrogens is 480 g/mol. The summed E-state index contributed by atoms with van der Waals surface area (Å²) in [5.74, 6) is -6.49. The number of aromatic hydroxyl groups is 1. The highest BCUT2D eigenvalue weighted by atomic mass is 35.5. The minimum atomic E-state index is -1.83. The number of phenolic OH excluding ortho intramolecular Hbond substituents is 1.